The molecule has 0 aromatic carbocycles. The second kappa shape index (κ2) is 4.33. The van der Waals surface area contributed by atoms with Crippen molar-refractivity contribution < 1.29 is 13.2 Å². The van der Waals surface area contributed by atoms with Gasteiger partial charge in [0.05, 0.1) is 5.57 Å². The molecule has 3 heteroatoms. The summed E-state index contributed by atoms with van der Waals surface area (Å²) in [6.07, 6.45) is -1.31. The predicted molar refractivity (Wildman–Crippen MR) is 43.9 cm³/mol. The summed E-state index contributed by atoms with van der Waals surface area (Å²) < 4.78 is 36.3. The lowest BCUT2D eigenvalue weighted by Gasteiger charge is -2.07. The third kappa shape index (κ3) is 3.60. The molecule has 0 radical (unpaired) electrons. The molecule has 0 amide bonds. The lowest BCUT2D eigenvalue weighted by Crippen LogP contribution is -2.09. The molecule has 0 heterocycles. The van der Waals surface area contributed by atoms with Crippen molar-refractivity contribution in [1.82, 2.24) is 0 Å². The summed E-state index contributed by atoms with van der Waals surface area (Å²) in [5.74, 6) is 0. The predicted octanol–water partition coefficient (Wildman–Crippen LogP) is 3.85. The maximum atomic E-state index is 12.1. The SMILES string of the molecule is C/C=C(\C=C(/C)CC)C(F)(F)F. The van der Waals surface area contributed by atoms with Crippen LogP contribution in [0.4, 0.5) is 13.2 Å². The number of hydrogen-bond acceptors (Lipinski definition) is 0. The third-order valence-electron chi connectivity index (χ3n) is 1.60. The Morgan fingerprint density at radius 1 is 1.33 bits per heavy atom. The van der Waals surface area contributed by atoms with Crippen LogP contribution in [0.3, 0.4) is 0 Å². The molecule has 0 aliphatic carbocycles. The zero-order valence-corrected chi connectivity index (χ0v) is 7.50. The Morgan fingerprint density at radius 2 is 1.83 bits per heavy atom. The zero-order chi connectivity index (χ0) is 9.78. The Bertz CT molecular complexity index is 196. The average molecular weight is 178 g/mol. The van der Waals surface area contributed by atoms with E-state index >= 15 is 0 Å². The van der Waals surface area contributed by atoms with Crippen molar-refractivity contribution in [2.45, 2.75) is 33.4 Å². The van der Waals surface area contributed by atoms with Crippen LogP contribution in [0.5, 0.6) is 0 Å². The summed E-state index contributed by atoms with van der Waals surface area (Å²) in [5.41, 5.74) is 0.169. The van der Waals surface area contributed by atoms with Crippen molar-refractivity contribution in [1.29, 1.82) is 0 Å². The van der Waals surface area contributed by atoms with Crippen molar-refractivity contribution >= 4 is 0 Å². The van der Waals surface area contributed by atoms with Gasteiger partial charge in [-0.3, -0.25) is 0 Å². The topological polar surface area (TPSA) is 0 Å². The molecule has 0 N–H and O–H groups in total. The fourth-order valence-corrected chi connectivity index (χ4v) is 0.696. The standard InChI is InChI=1S/C9H13F3/c1-4-7(3)6-8(5-2)9(10,11)12/h5-6H,4H2,1-3H3/b7-6+,8-5+. The van der Waals surface area contributed by atoms with Crippen LogP contribution < -0.4 is 0 Å². The van der Waals surface area contributed by atoms with Crippen LogP contribution in [-0.4, -0.2) is 6.18 Å². The van der Waals surface area contributed by atoms with Gasteiger partial charge in [-0.25, -0.2) is 0 Å². The molecule has 0 aromatic rings. The highest BCUT2D eigenvalue weighted by atomic mass is 19.4. The molecule has 0 bridgehead atoms. The normalized spacial score (nSPS) is 15.2. The Labute approximate surface area is 70.8 Å². The van der Waals surface area contributed by atoms with Crippen LogP contribution in [0, 0.1) is 0 Å². The minimum Gasteiger partial charge on any atom is -0.166 e. The summed E-state index contributed by atoms with van der Waals surface area (Å²) in [5, 5.41) is 0. The first-order valence-electron chi connectivity index (χ1n) is 3.82. The van der Waals surface area contributed by atoms with E-state index in [2.05, 4.69) is 0 Å². The Hall–Kier alpha value is -0.730. The average Bonchev–Trinajstić information content (AvgIpc) is 1.97. The van der Waals surface area contributed by atoms with Gasteiger partial charge in [0.25, 0.3) is 0 Å². The van der Waals surface area contributed by atoms with E-state index < -0.39 is 11.7 Å². The van der Waals surface area contributed by atoms with Crippen LogP contribution in [-0.2, 0) is 0 Å². The summed E-state index contributed by atoms with van der Waals surface area (Å²) >= 11 is 0. The second-order valence-electron chi connectivity index (χ2n) is 2.59. The molecule has 0 unspecified atom stereocenters. The minimum atomic E-state index is -4.22. The Kier molecular flexibility index (Phi) is 4.07. The van der Waals surface area contributed by atoms with E-state index in [4.69, 9.17) is 0 Å². The molecule has 0 saturated carbocycles. The Morgan fingerprint density at radius 3 is 2.08 bits per heavy atom. The van der Waals surface area contributed by atoms with Gasteiger partial charge < -0.3 is 0 Å². The fourth-order valence-electron chi connectivity index (χ4n) is 0.696. The van der Waals surface area contributed by atoms with E-state index in [0.717, 1.165) is 11.6 Å². The van der Waals surface area contributed by atoms with Crippen LogP contribution in [0.1, 0.15) is 27.2 Å². The first-order valence-corrected chi connectivity index (χ1v) is 3.82. The van der Waals surface area contributed by atoms with Gasteiger partial charge in [0.1, 0.15) is 0 Å². The van der Waals surface area contributed by atoms with E-state index in [-0.39, 0.29) is 0 Å². The van der Waals surface area contributed by atoms with E-state index in [1.807, 2.05) is 6.92 Å². The molecule has 0 fully saturated rings. The molecule has 0 spiro atoms. The molecular formula is C9H13F3. The van der Waals surface area contributed by atoms with Crippen molar-refractivity contribution in [2.75, 3.05) is 0 Å². The third-order valence-corrected chi connectivity index (χ3v) is 1.60. The number of allylic oxidation sites excluding steroid dienone is 4. The van der Waals surface area contributed by atoms with Gasteiger partial charge in [0.2, 0.25) is 0 Å². The quantitative estimate of drug-likeness (QED) is 0.563. The highest BCUT2D eigenvalue weighted by Gasteiger charge is 2.30. The largest absolute Gasteiger partial charge is 0.416 e. The number of hydrogen-bond donors (Lipinski definition) is 0. The fraction of sp³-hybridized carbons (Fsp3) is 0.556. The van der Waals surface area contributed by atoms with Crippen LogP contribution in [0.25, 0.3) is 0 Å². The lowest BCUT2D eigenvalue weighted by atomic mass is 10.1. The number of rotatable bonds is 2. The number of alkyl halides is 3. The van der Waals surface area contributed by atoms with E-state index in [0.29, 0.717) is 6.42 Å². The van der Waals surface area contributed by atoms with Gasteiger partial charge in [-0.05, 0) is 20.3 Å². The highest BCUT2D eigenvalue weighted by Crippen LogP contribution is 2.27. The maximum absolute atomic E-state index is 12.1. The van der Waals surface area contributed by atoms with Crippen molar-refractivity contribution in [3.05, 3.63) is 23.3 Å². The molecule has 0 aliphatic rings. The summed E-state index contributed by atoms with van der Waals surface area (Å²) in [4.78, 5) is 0. The molecule has 0 saturated heterocycles. The van der Waals surface area contributed by atoms with Gasteiger partial charge in [-0.15, -0.1) is 0 Å². The van der Waals surface area contributed by atoms with Gasteiger partial charge in [-0.1, -0.05) is 24.6 Å². The molecule has 0 atom stereocenters. The maximum Gasteiger partial charge on any atom is 0.416 e. The summed E-state index contributed by atoms with van der Waals surface area (Å²) in [7, 11) is 0. The smallest absolute Gasteiger partial charge is 0.166 e. The van der Waals surface area contributed by atoms with Gasteiger partial charge in [0, 0.05) is 0 Å². The first-order chi connectivity index (χ1) is 5.41. The zero-order valence-electron chi connectivity index (χ0n) is 7.50. The van der Waals surface area contributed by atoms with Gasteiger partial charge >= 0.3 is 6.18 Å². The molecule has 0 aliphatic heterocycles. The molecule has 12 heavy (non-hydrogen) atoms. The molecule has 0 aromatic heterocycles. The van der Waals surface area contributed by atoms with Crippen molar-refractivity contribution in [2.24, 2.45) is 0 Å². The molecular weight excluding hydrogens is 165 g/mol. The second-order valence-corrected chi connectivity index (χ2v) is 2.59. The van der Waals surface area contributed by atoms with E-state index in [1.54, 1.807) is 6.92 Å². The van der Waals surface area contributed by atoms with E-state index in [9.17, 15) is 13.2 Å². The van der Waals surface area contributed by atoms with Crippen LogP contribution >= 0.6 is 0 Å². The highest BCUT2D eigenvalue weighted by molar-refractivity contribution is 5.26. The van der Waals surface area contributed by atoms with E-state index in [1.165, 1.54) is 13.0 Å². The summed E-state index contributed by atoms with van der Waals surface area (Å²) in [6.45, 7) is 4.91. The van der Waals surface area contributed by atoms with Crippen LogP contribution in [0.2, 0.25) is 0 Å². The monoisotopic (exact) mass is 178 g/mol. The van der Waals surface area contributed by atoms with Crippen molar-refractivity contribution in [3.63, 3.8) is 0 Å². The summed E-state index contributed by atoms with van der Waals surface area (Å²) in [6, 6.07) is 0. The number of halogens is 3. The van der Waals surface area contributed by atoms with Crippen LogP contribution in [0.15, 0.2) is 23.3 Å². The van der Waals surface area contributed by atoms with Gasteiger partial charge in [-0.2, -0.15) is 13.2 Å². The first kappa shape index (κ1) is 11.3. The van der Waals surface area contributed by atoms with Crippen molar-refractivity contribution in [3.8, 4) is 0 Å². The van der Waals surface area contributed by atoms with Gasteiger partial charge in [0.15, 0.2) is 0 Å². The minimum absolute atomic E-state index is 0.568. The lowest BCUT2D eigenvalue weighted by molar-refractivity contribution is -0.0883. The molecule has 70 valence electrons. The molecule has 0 nitrogen and oxygen atoms in total. The molecule has 0 rings (SSSR count). The Balaban J connectivity index is 4.63.